The molecule has 0 radical (unpaired) electrons. The maximum atomic E-state index is 12.2. The van der Waals surface area contributed by atoms with Gasteiger partial charge in [-0.3, -0.25) is 4.79 Å². The third-order valence-corrected chi connectivity index (χ3v) is 3.98. The Kier molecular flexibility index (Phi) is 4.45. The smallest absolute Gasteiger partial charge is 0.268 e. The number of amides is 1. The average molecular weight is 380 g/mol. The maximum Gasteiger partial charge on any atom is 0.268 e. The summed E-state index contributed by atoms with van der Waals surface area (Å²) in [5, 5.41) is 7.43. The van der Waals surface area contributed by atoms with Crippen molar-refractivity contribution in [2.24, 2.45) is 5.16 Å². The predicted molar refractivity (Wildman–Crippen MR) is 90.3 cm³/mol. The van der Waals surface area contributed by atoms with Crippen LogP contribution in [-0.4, -0.2) is 17.7 Å². The number of nitrogens with zero attached hydrogens (tertiary/aromatic N) is 1. The molecular formula is C16H12BrClN2O2. The Balaban J connectivity index is 1.64. The molecule has 0 fully saturated rings. The second kappa shape index (κ2) is 6.50. The minimum atomic E-state index is -0.621. The summed E-state index contributed by atoms with van der Waals surface area (Å²) in [6, 6.07) is 14.7. The molecule has 1 heterocycles. The fraction of sp³-hybridized carbons (Fsp3) is 0.125. The summed E-state index contributed by atoms with van der Waals surface area (Å²) in [4.78, 5) is 17.4. The summed E-state index contributed by atoms with van der Waals surface area (Å²) in [6.45, 7) is 0. The van der Waals surface area contributed by atoms with E-state index in [1.54, 1.807) is 24.3 Å². The first-order chi connectivity index (χ1) is 10.6. The van der Waals surface area contributed by atoms with Gasteiger partial charge in [0.25, 0.3) is 5.91 Å². The first kappa shape index (κ1) is 15.1. The van der Waals surface area contributed by atoms with Crippen LogP contribution in [0.4, 0.5) is 5.69 Å². The largest absolute Gasteiger partial charge is 0.382 e. The summed E-state index contributed by atoms with van der Waals surface area (Å²) in [7, 11) is 0. The van der Waals surface area contributed by atoms with E-state index >= 15 is 0 Å². The number of halogens is 2. The van der Waals surface area contributed by atoms with Crippen LogP contribution >= 0.6 is 27.5 Å². The number of rotatable bonds is 3. The lowest BCUT2D eigenvalue weighted by molar-refractivity contribution is -0.125. The number of hydrogen-bond acceptors (Lipinski definition) is 3. The zero-order valence-corrected chi connectivity index (χ0v) is 13.8. The molecule has 1 N–H and O–H groups in total. The van der Waals surface area contributed by atoms with E-state index in [1.807, 2.05) is 24.3 Å². The highest BCUT2D eigenvalue weighted by atomic mass is 79.9. The molecule has 6 heteroatoms. The molecule has 0 aromatic heterocycles. The lowest BCUT2D eigenvalue weighted by atomic mass is 10.0. The number of anilines is 1. The molecule has 1 aliphatic heterocycles. The van der Waals surface area contributed by atoms with Crippen LogP contribution in [0.3, 0.4) is 0 Å². The predicted octanol–water partition coefficient (Wildman–Crippen LogP) is 4.23. The molecule has 0 unspecified atom stereocenters. The molecule has 0 aliphatic carbocycles. The zero-order chi connectivity index (χ0) is 15.5. The molecule has 4 nitrogen and oxygen atoms in total. The lowest BCUT2D eigenvalue weighted by Crippen LogP contribution is -2.28. The van der Waals surface area contributed by atoms with Gasteiger partial charge in [0.05, 0.1) is 5.71 Å². The van der Waals surface area contributed by atoms with E-state index in [2.05, 4.69) is 26.4 Å². The highest BCUT2D eigenvalue weighted by Gasteiger charge is 2.28. The van der Waals surface area contributed by atoms with Gasteiger partial charge >= 0.3 is 0 Å². The van der Waals surface area contributed by atoms with Crippen LogP contribution in [-0.2, 0) is 9.63 Å². The molecule has 1 aliphatic rings. The fourth-order valence-corrected chi connectivity index (χ4v) is 2.64. The standard InChI is InChI=1S/C16H12BrClN2O2/c17-11-3-1-2-10(8-11)14-9-15(22-20-14)16(21)19-13-6-4-12(18)5-7-13/h1-8,15H,9H2,(H,19,21)/t15-/m1/s1. The maximum absolute atomic E-state index is 12.2. The SMILES string of the molecule is O=C(Nc1ccc(Cl)cc1)[C@H]1CC(c2cccc(Br)c2)=NO1. The molecule has 0 saturated heterocycles. The monoisotopic (exact) mass is 378 g/mol. The highest BCUT2D eigenvalue weighted by Crippen LogP contribution is 2.21. The van der Waals surface area contributed by atoms with Crippen LogP contribution in [0.5, 0.6) is 0 Å². The van der Waals surface area contributed by atoms with Crippen molar-refractivity contribution in [2.75, 3.05) is 5.32 Å². The number of carbonyl (C=O) groups is 1. The summed E-state index contributed by atoms with van der Waals surface area (Å²) in [5.74, 6) is -0.226. The van der Waals surface area contributed by atoms with E-state index in [-0.39, 0.29) is 5.91 Å². The number of benzene rings is 2. The Morgan fingerprint density at radius 2 is 2.05 bits per heavy atom. The molecule has 0 bridgehead atoms. The first-order valence-corrected chi connectivity index (χ1v) is 7.84. The minimum Gasteiger partial charge on any atom is -0.382 e. The minimum absolute atomic E-state index is 0.226. The summed E-state index contributed by atoms with van der Waals surface area (Å²) in [6.07, 6.45) is -0.180. The van der Waals surface area contributed by atoms with Gasteiger partial charge in [0, 0.05) is 27.2 Å². The van der Waals surface area contributed by atoms with Crippen molar-refractivity contribution in [3.8, 4) is 0 Å². The van der Waals surface area contributed by atoms with Crippen molar-refractivity contribution in [3.63, 3.8) is 0 Å². The molecule has 1 amide bonds. The van der Waals surface area contributed by atoms with E-state index < -0.39 is 6.10 Å². The topological polar surface area (TPSA) is 50.7 Å². The van der Waals surface area contributed by atoms with Gasteiger partial charge in [-0.05, 0) is 36.4 Å². The molecule has 0 saturated carbocycles. The van der Waals surface area contributed by atoms with E-state index in [0.29, 0.717) is 17.1 Å². The number of oxime groups is 1. The van der Waals surface area contributed by atoms with Crippen LogP contribution in [0.25, 0.3) is 0 Å². The van der Waals surface area contributed by atoms with Crippen molar-refractivity contribution < 1.29 is 9.63 Å². The molecule has 22 heavy (non-hydrogen) atoms. The molecule has 0 spiro atoms. The Hall–Kier alpha value is -1.85. The Bertz CT molecular complexity index is 731. The zero-order valence-electron chi connectivity index (χ0n) is 11.4. The number of hydrogen-bond donors (Lipinski definition) is 1. The second-order valence-electron chi connectivity index (χ2n) is 4.84. The average Bonchev–Trinajstić information content (AvgIpc) is 3.00. The van der Waals surface area contributed by atoms with E-state index in [9.17, 15) is 4.79 Å². The van der Waals surface area contributed by atoms with Crippen LogP contribution < -0.4 is 5.32 Å². The van der Waals surface area contributed by atoms with Crippen LogP contribution in [0.2, 0.25) is 5.02 Å². The molecule has 3 rings (SSSR count). The number of carbonyl (C=O) groups excluding carboxylic acids is 1. The van der Waals surface area contributed by atoms with Gasteiger partial charge in [-0.1, -0.05) is 44.8 Å². The van der Waals surface area contributed by atoms with Crippen LogP contribution in [0.1, 0.15) is 12.0 Å². The van der Waals surface area contributed by atoms with E-state index in [1.165, 1.54) is 0 Å². The second-order valence-corrected chi connectivity index (χ2v) is 6.19. The Morgan fingerprint density at radius 3 is 2.77 bits per heavy atom. The van der Waals surface area contributed by atoms with Crippen molar-refractivity contribution in [1.82, 2.24) is 0 Å². The van der Waals surface area contributed by atoms with Gasteiger partial charge in [0.2, 0.25) is 6.10 Å². The van der Waals surface area contributed by atoms with E-state index in [0.717, 1.165) is 15.7 Å². The molecular weight excluding hydrogens is 368 g/mol. The quantitative estimate of drug-likeness (QED) is 0.867. The van der Waals surface area contributed by atoms with Gasteiger partial charge < -0.3 is 10.2 Å². The summed E-state index contributed by atoms with van der Waals surface area (Å²) < 4.78 is 0.960. The lowest BCUT2D eigenvalue weighted by Gasteiger charge is -2.09. The van der Waals surface area contributed by atoms with Gasteiger partial charge in [-0.25, -0.2) is 0 Å². The Morgan fingerprint density at radius 1 is 1.27 bits per heavy atom. The van der Waals surface area contributed by atoms with Crippen LogP contribution in [0.15, 0.2) is 58.2 Å². The first-order valence-electron chi connectivity index (χ1n) is 6.67. The van der Waals surface area contributed by atoms with Crippen molar-refractivity contribution >= 4 is 44.8 Å². The van der Waals surface area contributed by atoms with Gasteiger partial charge in [-0.2, -0.15) is 0 Å². The van der Waals surface area contributed by atoms with Gasteiger partial charge in [-0.15, -0.1) is 0 Å². The normalized spacial score (nSPS) is 16.8. The molecule has 2 aromatic carbocycles. The van der Waals surface area contributed by atoms with Gasteiger partial charge in [0.1, 0.15) is 0 Å². The summed E-state index contributed by atoms with van der Waals surface area (Å²) >= 11 is 9.23. The van der Waals surface area contributed by atoms with Crippen molar-refractivity contribution in [1.29, 1.82) is 0 Å². The molecule has 1 atom stereocenters. The van der Waals surface area contributed by atoms with Crippen molar-refractivity contribution in [2.45, 2.75) is 12.5 Å². The molecule has 2 aromatic rings. The van der Waals surface area contributed by atoms with Crippen molar-refractivity contribution in [3.05, 3.63) is 63.6 Å². The van der Waals surface area contributed by atoms with E-state index in [4.69, 9.17) is 16.4 Å². The third kappa shape index (κ3) is 3.48. The number of nitrogens with one attached hydrogen (secondary N) is 1. The van der Waals surface area contributed by atoms with Crippen LogP contribution in [0, 0.1) is 0 Å². The van der Waals surface area contributed by atoms with Gasteiger partial charge in [0.15, 0.2) is 0 Å². The Labute approximate surface area is 141 Å². The molecule has 112 valence electrons. The third-order valence-electron chi connectivity index (χ3n) is 3.23. The summed E-state index contributed by atoms with van der Waals surface area (Å²) in [5.41, 5.74) is 2.38. The highest BCUT2D eigenvalue weighted by molar-refractivity contribution is 9.10. The fourth-order valence-electron chi connectivity index (χ4n) is 2.11.